The molecule has 0 radical (unpaired) electrons. The van der Waals surface area contributed by atoms with Crippen LogP contribution >= 0.6 is 15.9 Å². The van der Waals surface area contributed by atoms with E-state index >= 15 is 0 Å². The fraction of sp³-hybridized carbons (Fsp3) is 0.700. The van der Waals surface area contributed by atoms with E-state index in [1.165, 1.54) is 36.0 Å². The molecule has 1 aliphatic carbocycles. The largest absolute Gasteiger partial charge is 0.0835 e. The summed E-state index contributed by atoms with van der Waals surface area (Å²) in [7, 11) is 0. The van der Waals surface area contributed by atoms with E-state index in [2.05, 4.69) is 75.7 Å². The Kier molecular flexibility index (Phi) is 5.23. The molecular weight excluding hydrogens is 320 g/mol. The predicted molar refractivity (Wildman–Crippen MR) is 97.4 cm³/mol. The minimum absolute atomic E-state index is 0.457. The third kappa shape index (κ3) is 3.55. The summed E-state index contributed by atoms with van der Waals surface area (Å²) in [6.45, 7) is 14.1. The van der Waals surface area contributed by atoms with Crippen LogP contribution in [0.1, 0.15) is 94.2 Å². The third-order valence-corrected chi connectivity index (χ3v) is 6.52. The standard InChI is InChI=1S/C20H31Br/c1-13(2)15-9-10-16(17(12-15)14(3)4)19(21)18-8-7-11-20(18,5)6/h9-10,12-14,18-19H,7-8,11H2,1-6H3. The highest BCUT2D eigenvalue weighted by molar-refractivity contribution is 9.09. The topological polar surface area (TPSA) is 0 Å². The Morgan fingerprint density at radius 3 is 2.19 bits per heavy atom. The van der Waals surface area contributed by atoms with Gasteiger partial charge in [-0.1, -0.05) is 82.1 Å². The van der Waals surface area contributed by atoms with Gasteiger partial charge in [0.25, 0.3) is 0 Å². The summed E-state index contributed by atoms with van der Waals surface area (Å²) in [4.78, 5) is 0.494. The van der Waals surface area contributed by atoms with E-state index in [0.29, 0.717) is 22.1 Å². The van der Waals surface area contributed by atoms with Crippen molar-refractivity contribution >= 4 is 15.9 Å². The van der Waals surface area contributed by atoms with Gasteiger partial charge in [-0.3, -0.25) is 0 Å². The van der Waals surface area contributed by atoms with E-state index in [4.69, 9.17) is 0 Å². The Bertz CT molecular complexity index is 485. The zero-order valence-corrected chi connectivity index (χ0v) is 16.1. The van der Waals surface area contributed by atoms with Gasteiger partial charge >= 0.3 is 0 Å². The van der Waals surface area contributed by atoms with E-state index in [1.807, 2.05) is 0 Å². The molecule has 21 heavy (non-hydrogen) atoms. The molecule has 0 heterocycles. The molecule has 0 spiro atoms. The molecule has 1 saturated carbocycles. The van der Waals surface area contributed by atoms with E-state index in [0.717, 1.165) is 5.92 Å². The fourth-order valence-corrected chi connectivity index (χ4v) is 5.21. The molecule has 0 N–H and O–H groups in total. The van der Waals surface area contributed by atoms with Gasteiger partial charge < -0.3 is 0 Å². The molecule has 2 unspecified atom stereocenters. The Hall–Kier alpha value is -0.300. The van der Waals surface area contributed by atoms with Gasteiger partial charge in [0.05, 0.1) is 0 Å². The molecule has 0 saturated heterocycles. The highest BCUT2D eigenvalue weighted by atomic mass is 79.9. The average Bonchev–Trinajstić information content (AvgIpc) is 2.76. The van der Waals surface area contributed by atoms with Crippen LogP contribution in [0.3, 0.4) is 0 Å². The molecule has 2 rings (SSSR count). The van der Waals surface area contributed by atoms with Crippen LogP contribution in [0.5, 0.6) is 0 Å². The van der Waals surface area contributed by atoms with Gasteiger partial charge in [0.1, 0.15) is 0 Å². The first-order valence-corrected chi connectivity index (χ1v) is 9.43. The molecule has 0 bridgehead atoms. The number of benzene rings is 1. The number of halogens is 1. The van der Waals surface area contributed by atoms with E-state index < -0.39 is 0 Å². The second-order valence-corrected chi connectivity index (χ2v) is 9.07. The minimum atomic E-state index is 0.457. The van der Waals surface area contributed by atoms with Crippen LogP contribution in [0.2, 0.25) is 0 Å². The molecule has 0 aliphatic heterocycles. The van der Waals surface area contributed by atoms with Crippen molar-refractivity contribution in [3.63, 3.8) is 0 Å². The van der Waals surface area contributed by atoms with Crippen molar-refractivity contribution in [2.24, 2.45) is 11.3 Å². The lowest BCUT2D eigenvalue weighted by atomic mass is 9.76. The molecule has 0 nitrogen and oxygen atoms in total. The van der Waals surface area contributed by atoms with Gasteiger partial charge in [-0.25, -0.2) is 0 Å². The van der Waals surface area contributed by atoms with Gasteiger partial charge in [0, 0.05) is 4.83 Å². The lowest BCUT2D eigenvalue weighted by molar-refractivity contribution is 0.256. The van der Waals surface area contributed by atoms with Crippen molar-refractivity contribution < 1.29 is 0 Å². The average molecular weight is 351 g/mol. The van der Waals surface area contributed by atoms with Gasteiger partial charge in [-0.05, 0) is 52.7 Å². The normalized spacial score (nSPS) is 23.0. The quantitative estimate of drug-likeness (QED) is 0.503. The molecule has 1 fully saturated rings. The zero-order valence-electron chi connectivity index (χ0n) is 14.5. The second kappa shape index (κ2) is 6.44. The third-order valence-electron chi connectivity index (χ3n) is 5.39. The Labute approximate surface area is 139 Å². The smallest absolute Gasteiger partial charge is 0.0431 e. The second-order valence-electron chi connectivity index (χ2n) is 8.09. The predicted octanol–water partition coefficient (Wildman–Crippen LogP) is 7.20. The fourth-order valence-electron chi connectivity index (χ4n) is 3.82. The zero-order chi connectivity index (χ0) is 15.8. The Morgan fingerprint density at radius 2 is 1.71 bits per heavy atom. The first-order valence-electron chi connectivity index (χ1n) is 8.52. The molecule has 1 aromatic carbocycles. The summed E-state index contributed by atoms with van der Waals surface area (Å²) >= 11 is 4.07. The van der Waals surface area contributed by atoms with Crippen molar-refractivity contribution in [3.05, 3.63) is 34.9 Å². The number of alkyl halides is 1. The van der Waals surface area contributed by atoms with Crippen LogP contribution < -0.4 is 0 Å². The number of hydrogen-bond acceptors (Lipinski definition) is 0. The van der Waals surface area contributed by atoms with Crippen LogP contribution in [0, 0.1) is 11.3 Å². The maximum atomic E-state index is 4.07. The molecule has 1 heteroatoms. The van der Waals surface area contributed by atoms with Crippen LogP contribution in [0.25, 0.3) is 0 Å². The van der Waals surface area contributed by atoms with Gasteiger partial charge in [0.2, 0.25) is 0 Å². The lowest BCUT2D eigenvalue weighted by Gasteiger charge is -2.33. The van der Waals surface area contributed by atoms with Crippen LogP contribution in [-0.4, -0.2) is 0 Å². The molecule has 0 aromatic heterocycles. The van der Waals surface area contributed by atoms with E-state index in [-0.39, 0.29) is 0 Å². The first kappa shape index (κ1) is 17.1. The monoisotopic (exact) mass is 350 g/mol. The van der Waals surface area contributed by atoms with Crippen molar-refractivity contribution in [1.82, 2.24) is 0 Å². The summed E-state index contributed by atoms with van der Waals surface area (Å²) in [6.07, 6.45) is 4.09. The van der Waals surface area contributed by atoms with Gasteiger partial charge in [0.15, 0.2) is 0 Å². The molecule has 2 atom stereocenters. The van der Waals surface area contributed by atoms with Crippen LogP contribution in [-0.2, 0) is 0 Å². The maximum absolute atomic E-state index is 4.07. The van der Waals surface area contributed by atoms with Gasteiger partial charge in [-0.15, -0.1) is 0 Å². The molecule has 0 amide bonds. The van der Waals surface area contributed by atoms with Crippen molar-refractivity contribution in [2.45, 2.75) is 77.5 Å². The van der Waals surface area contributed by atoms with E-state index in [9.17, 15) is 0 Å². The Morgan fingerprint density at radius 1 is 1.05 bits per heavy atom. The van der Waals surface area contributed by atoms with Crippen molar-refractivity contribution in [1.29, 1.82) is 0 Å². The lowest BCUT2D eigenvalue weighted by Crippen LogP contribution is -2.22. The van der Waals surface area contributed by atoms with Crippen LogP contribution in [0.15, 0.2) is 18.2 Å². The summed E-state index contributed by atoms with van der Waals surface area (Å²) in [6, 6.07) is 7.17. The van der Waals surface area contributed by atoms with Crippen molar-refractivity contribution in [3.8, 4) is 0 Å². The van der Waals surface area contributed by atoms with E-state index in [1.54, 1.807) is 0 Å². The summed E-state index contributed by atoms with van der Waals surface area (Å²) < 4.78 is 0. The van der Waals surface area contributed by atoms with Gasteiger partial charge in [-0.2, -0.15) is 0 Å². The summed E-state index contributed by atoms with van der Waals surface area (Å²) in [5.41, 5.74) is 4.98. The summed E-state index contributed by atoms with van der Waals surface area (Å²) in [5, 5.41) is 0. The SMILES string of the molecule is CC(C)c1ccc(C(Br)C2CCCC2(C)C)c(C(C)C)c1. The summed E-state index contributed by atoms with van der Waals surface area (Å²) in [5.74, 6) is 1.94. The highest BCUT2D eigenvalue weighted by Gasteiger charge is 2.39. The first-order chi connectivity index (χ1) is 9.74. The molecule has 1 aromatic rings. The van der Waals surface area contributed by atoms with Crippen LogP contribution in [0.4, 0.5) is 0 Å². The minimum Gasteiger partial charge on any atom is -0.0835 e. The molecular formula is C20H31Br. The molecule has 1 aliphatic rings. The van der Waals surface area contributed by atoms with Crippen molar-refractivity contribution in [2.75, 3.05) is 0 Å². The Balaban J connectivity index is 2.38. The number of hydrogen-bond donors (Lipinski definition) is 0. The maximum Gasteiger partial charge on any atom is 0.0431 e. The highest BCUT2D eigenvalue weighted by Crippen LogP contribution is 2.52. The number of rotatable bonds is 4. The molecule has 118 valence electrons.